The molecule has 0 spiro atoms. The third-order valence-electron chi connectivity index (χ3n) is 6.12. The molecule has 2 N–H and O–H groups in total. The Labute approximate surface area is 183 Å². The van der Waals surface area contributed by atoms with Crippen LogP contribution in [0.3, 0.4) is 0 Å². The summed E-state index contributed by atoms with van der Waals surface area (Å²) in [6, 6.07) is 6.22. The molecule has 1 aliphatic heterocycles. The van der Waals surface area contributed by atoms with Crippen molar-refractivity contribution in [2.24, 2.45) is 5.92 Å². The Hall–Kier alpha value is -3.04. The summed E-state index contributed by atoms with van der Waals surface area (Å²) in [5, 5.41) is 11.8. The van der Waals surface area contributed by atoms with Gasteiger partial charge in [0.1, 0.15) is 5.76 Å². The predicted molar refractivity (Wildman–Crippen MR) is 122 cm³/mol. The van der Waals surface area contributed by atoms with Gasteiger partial charge in [0.25, 0.3) is 0 Å². The van der Waals surface area contributed by atoms with Gasteiger partial charge in [-0.25, -0.2) is 0 Å². The maximum absolute atomic E-state index is 12.9. The van der Waals surface area contributed by atoms with Crippen LogP contribution in [-0.2, 0) is 17.8 Å². The van der Waals surface area contributed by atoms with Crippen LogP contribution in [0.2, 0.25) is 0 Å². The van der Waals surface area contributed by atoms with E-state index in [2.05, 4.69) is 64.5 Å². The molecule has 3 heterocycles. The number of terminal acetylenes is 1. The van der Waals surface area contributed by atoms with E-state index in [0.29, 0.717) is 18.9 Å². The SMILES string of the molecule is C#CCNC(=O)[C@@H]1Cc2cn(Cc3c(C)noc3C)c3cccc(c23)[C@H](CC(C)C)N1. The van der Waals surface area contributed by atoms with Crippen molar-refractivity contribution in [2.45, 2.75) is 59.2 Å². The fourth-order valence-corrected chi connectivity index (χ4v) is 4.65. The van der Waals surface area contributed by atoms with E-state index in [9.17, 15) is 4.79 Å². The Morgan fingerprint density at radius 3 is 2.90 bits per heavy atom. The first-order valence-electron chi connectivity index (χ1n) is 10.9. The predicted octanol–water partition coefficient (Wildman–Crippen LogP) is 3.65. The summed E-state index contributed by atoms with van der Waals surface area (Å²) < 4.78 is 7.63. The lowest BCUT2D eigenvalue weighted by Gasteiger charge is -2.25. The van der Waals surface area contributed by atoms with Gasteiger partial charge in [-0.1, -0.05) is 37.1 Å². The molecule has 0 unspecified atom stereocenters. The molecule has 0 fully saturated rings. The lowest BCUT2D eigenvalue weighted by Crippen LogP contribution is -2.46. The van der Waals surface area contributed by atoms with E-state index in [-0.39, 0.29) is 24.5 Å². The second kappa shape index (κ2) is 8.60. The number of benzene rings is 1. The van der Waals surface area contributed by atoms with Crippen LogP contribution in [-0.4, -0.2) is 28.2 Å². The topological polar surface area (TPSA) is 72.1 Å². The van der Waals surface area contributed by atoms with E-state index in [1.807, 2.05) is 13.8 Å². The Kier molecular flexibility index (Phi) is 5.88. The number of aryl methyl sites for hydroxylation is 2. The maximum atomic E-state index is 12.9. The monoisotopic (exact) mass is 418 g/mol. The molecule has 1 aromatic carbocycles. The quantitative estimate of drug-likeness (QED) is 0.600. The summed E-state index contributed by atoms with van der Waals surface area (Å²) in [5.74, 6) is 3.78. The molecule has 6 nitrogen and oxygen atoms in total. The lowest BCUT2D eigenvalue weighted by atomic mass is 9.94. The first kappa shape index (κ1) is 21.2. The summed E-state index contributed by atoms with van der Waals surface area (Å²) in [4.78, 5) is 12.9. The van der Waals surface area contributed by atoms with Crippen LogP contribution in [0.1, 0.15) is 54.5 Å². The molecule has 0 saturated heterocycles. The van der Waals surface area contributed by atoms with Gasteiger partial charge in [0.05, 0.1) is 24.8 Å². The molecule has 0 aliphatic carbocycles. The van der Waals surface area contributed by atoms with Crippen molar-refractivity contribution in [3.8, 4) is 12.3 Å². The van der Waals surface area contributed by atoms with E-state index in [1.54, 1.807) is 0 Å². The second-order valence-electron chi connectivity index (χ2n) is 8.85. The number of carbonyl (C=O) groups excluding carboxylic acids is 1. The van der Waals surface area contributed by atoms with Crippen LogP contribution >= 0.6 is 0 Å². The highest BCUT2D eigenvalue weighted by Crippen LogP contribution is 2.36. The largest absolute Gasteiger partial charge is 0.361 e. The van der Waals surface area contributed by atoms with Gasteiger partial charge < -0.3 is 14.4 Å². The van der Waals surface area contributed by atoms with E-state index in [4.69, 9.17) is 10.9 Å². The third kappa shape index (κ3) is 4.11. The third-order valence-corrected chi connectivity index (χ3v) is 6.12. The molecule has 6 heteroatoms. The first-order chi connectivity index (χ1) is 14.9. The minimum absolute atomic E-state index is 0.0499. The van der Waals surface area contributed by atoms with Crippen molar-refractivity contribution in [2.75, 3.05) is 6.54 Å². The molecular formula is C25H30N4O2. The van der Waals surface area contributed by atoms with Gasteiger partial charge in [0.2, 0.25) is 5.91 Å². The molecule has 0 saturated carbocycles. The number of amides is 1. The molecule has 1 amide bonds. The highest BCUT2D eigenvalue weighted by atomic mass is 16.5. The van der Waals surface area contributed by atoms with Gasteiger partial charge >= 0.3 is 0 Å². The number of nitrogens with zero attached hydrogens (tertiary/aromatic N) is 2. The van der Waals surface area contributed by atoms with Crippen LogP contribution in [0, 0.1) is 32.1 Å². The lowest BCUT2D eigenvalue weighted by molar-refractivity contribution is -0.123. The van der Waals surface area contributed by atoms with Crippen molar-refractivity contribution in [3.63, 3.8) is 0 Å². The standard InChI is InChI=1S/C25H30N4O2/c1-6-10-26-25(30)22-12-18-13-29(14-20-16(4)28-31-17(20)5)23-9-7-8-19(24(18)23)21(27-22)11-15(2)3/h1,7-9,13,15,21-22,27H,10-12,14H2,2-5H3,(H,26,30)/t21-,22-/m0/s1. The first-order valence-corrected chi connectivity index (χ1v) is 10.9. The van der Waals surface area contributed by atoms with Gasteiger partial charge in [-0.2, -0.15) is 0 Å². The molecule has 1 aliphatic rings. The van der Waals surface area contributed by atoms with Crippen LogP contribution in [0.5, 0.6) is 0 Å². The fourth-order valence-electron chi connectivity index (χ4n) is 4.65. The molecule has 162 valence electrons. The van der Waals surface area contributed by atoms with E-state index in [0.717, 1.165) is 23.4 Å². The minimum atomic E-state index is -0.331. The average molecular weight is 419 g/mol. The number of hydrogen-bond acceptors (Lipinski definition) is 4. The Bertz CT molecular complexity index is 1130. The summed E-state index contributed by atoms with van der Waals surface area (Å²) in [6.45, 7) is 9.28. The molecular weight excluding hydrogens is 388 g/mol. The number of rotatable bonds is 6. The zero-order valence-corrected chi connectivity index (χ0v) is 18.7. The van der Waals surface area contributed by atoms with E-state index in [1.165, 1.54) is 22.0 Å². The van der Waals surface area contributed by atoms with Crippen LogP contribution in [0.4, 0.5) is 0 Å². The number of aromatic nitrogens is 2. The Morgan fingerprint density at radius 2 is 2.23 bits per heavy atom. The molecule has 0 bridgehead atoms. The maximum Gasteiger partial charge on any atom is 0.238 e. The van der Waals surface area contributed by atoms with Crippen LogP contribution < -0.4 is 10.6 Å². The highest BCUT2D eigenvalue weighted by Gasteiger charge is 2.31. The molecule has 3 aromatic rings. The zero-order chi connectivity index (χ0) is 22.1. The van der Waals surface area contributed by atoms with Gasteiger partial charge in [-0.05, 0) is 49.8 Å². The minimum Gasteiger partial charge on any atom is -0.361 e. The fraction of sp³-hybridized carbons (Fsp3) is 0.440. The summed E-state index contributed by atoms with van der Waals surface area (Å²) in [6.07, 6.45) is 9.10. The summed E-state index contributed by atoms with van der Waals surface area (Å²) >= 11 is 0. The molecule has 0 radical (unpaired) electrons. The molecule has 2 aromatic heterocycles. The zero-order valence-electron chi connectivity index (χ0n) is 18.7. The molecule has 4 rings (SSSR count). The van der Waals surface area contributed by atoms with Crippen LogP contribution in [0.25, 0.3) is 10.9 Å². The normalized spacial score (nSPS) is 18.2. The number of carbonyl (C=O) groups is 1. The summed E-state index contributed by atoms with van der Waals surface area (Å²) in [7, 11) is 0. The van der Waals surface area contributed by atoms with Crippen molar-refractivity contribution in [1.82, 2.24) is 20.4 Å². The average Bonchev–Trinajstić information content (AvgIpc) is 3.19. The van der Waals surface area contributed by atoms with Crippen molar-refractivity contribution in [3.05, 3.63) is 52.5 Å². The molecule has 31 heavy (non-hydrogen) atoms. The van der Waals surface area contributed by atoms with Gasteiger partial charge in [-0.15, -0.1) is 6.42 Å². The van der Waals surface area contributed by atoms with Gasteiger partial charge in [0.15, 0.2) is 0 Å². The smallest absolute Gasteiger partial charge is 0.238 e. The second-order valence-corrected chi connectivity index (χ2v) is 8.85. The van der Waals surface area contributed by atoms with E-state index >= 15 is 0 Å². The number of hydrogen-bond donors (Lipinski definition) is 2. The summed E-state index contributed by atoms with van der Waals surface area (Å²) in [5.41, 5.74) is 5.62. The van der Waals surface area contributed by atoms with Crippen molar-refractivity contribution in [1.29, 1.82) is 0 Å². The van der Waals surface area contributed by atoms with Crippen molar-refractivity contribution >= 4 is 16.8 Å². The van der Waals surface area contributed by atoms with E-state index < -0.39 is 0 Å². The Morgan fingerprint density at radius 1 is 1.42 bits per heavy atom. The van der Waals surface area contributed by atoms with Gasteiger partial charge in [-0.3, -0.25) is 10.1 Å². The van der Waals surface area contributed by atoms with Crippen LogP contribution in [0.15, 0.2) is 28.9 Å². The van der Waals surface area contributed by atoms with Gasteiger partial charge in [0, 0.05) is 28.7 Å². The Balaban J connectivity index is 1.80. The highest BCUT2D eigenvalue weighted by molar-refractivity contribution is 5.90. The molecule has 2 atom stereocenters. The number of nitrogens with one attached hydrogen (secondary N) is 2. The van der Waals surface area contributed by atoms with Crippen molar-refractivity contribution < 1.29 is 9.32 Å².